The van der Waals surface area contributed by atoms with E-state index in [0.717, 1.165) is 31.7 Å². The largest absolute Gasteiger partial charge is 0.338 e. The van der Waals surface area contributed by atoms with Gasteiger partial charge < -0.3 is 20.0 Å². The van der Waals surface area contributed by atoms with Gasteiger partial charge in [-0.2, -0.15) is 0 Å². The third-order valence-corrected chi connectivity index (χ3v) is 5.98. The Balaban J connectivity index is 1.61. The second-order valence-electron chi connectivity index (χ2n) is 8.00. The molecular weight excluding hydrogens is 395 g/mol. The van der Waals surface area contributed by atoms with E-state index >= 15 is 0 Å². The first kappa shape index (κ1) is 22.9. The Kier molecular flexibility index (Phi) is 8.14. The molecule has 0 spiro atoms. The predicted octanol–water partition coefficient (Wildman–Crippen LogP) is 0.157. The molecule has 0 bridgehead atoms. The molecule has 0 aliphatic carbocycles. The third-order valence-electron chi connectivity index (χ3n) is 5.98. The Morgan fingerprint density at radius 1 is 1.00 bits per heavy atom. The van der Waals surface area contributed by atoms with E-state index in [-0.39, 0.29) is 23.7 Å². The van der Waals surface area contributed by atoms with Crippen LogP contribution < -0.4 is 15.1 Å². The zero-order valence-corrected chi connectivity index (χ0v) is 18.4. The zero-order valence-electron chi connectivity index (χ0n) is 18.4. The number of hydrogen-bond acceptors (Lipinski definition) is 2. The third kappa shape index (κ3) is 6.12. The summed E-state index contributed by atoms with van der Waals surface area (Å²) in [6, 6.07) is 15.7. The fourth-order valence-corrected chi connectivity index (χ4v) is 4.30. The zero-order chi connectivity index (χ0) is 22.2. The first-order valence-corrected chi connectivity index (χ1v) is 11.1. The Morgan fingerprint density at radius 3 is 2.29 bits per heavy atom. The molecule has 0 saturated carbocycles. The molecule has 0 aromatic heterocycles. The van der Waals surface area contributed by atoms with Crippen LogP contribution >= 0.6 is 0 Å². The number of carbonyl (C=O) groups excluding carboxylic acids is 2. The summed E-state index contributed by atoms with van der Waals surface area (Å²) < 4.78 is 13.3. The summed E-state index contributed by atoms with van der Waals surface area (Å²) in [7, 11) is 0. The van der Waals surface area contributed by atoms with Crippen molar-refractivity contribution < 1.29 is 23.8 Å². The highest BCUT2D eigenvalue weighted by atomic mass is 19.1. The van der Waals surface area contributed by atoms with Crippen LogP contribution in [0.5, 0.6) is 0 Å². The molecule has 1 aliphatic rings. The van der Waals surface area contributed by atoms with Gasteiger partial charge in [-0.15, -0.1) is 0 Å². The molecule has 166 valence electrons. The number of halogens is 1. The van der Waals surface area contributed by atoms with Gasteiger partial charge in [0, 0.05) is 24.3 Å². The molecule has 2 aromatic rings. The number of carbonyl (C=O) groups is 2. The van der Waals surface area contributed by atoms with Gasteiger partial charge in [0.25, 0.3) is 11.8 Å². The Labute approximate surface area is 183 Å². The van der Waals surface area contributed by atoms with Crippen LogP contribution in [0.3, 0.4) is 0 Å². The number of nitrogens with one attached hydrogen (secondary N) is 3. The van der Waals surface area contributed by atoms with E-state index in [1.54, 1.807) is 12.1 Å². The minimum atomic E-state index is -0.368. The van der Waals surface area contributed by atoms with Crippen LogP contribution in [0.1, 0.15) is 25.5 Å². The normalized spacial score (nSPS) is 19.5. The van der Waals surface area contributed by atoms with Crippen molar-refractivity contribution in [2.75, 3.05) is 51.1 Å². The maximum Gasteiger partial charge on any atom is 0.285 e. The van der Waals surface area contributed by atoms with Crippen LogP contribution in [-0.4, -0.2) is 62.5 Å². The molecule has 0 radical (unpaired) electrons. The minimum Gasteiger partial charge on any atom is -0.338 e. The molecule has 0 unspecified atom stereocenters. The van der Waals surface area contributed by atoms with Crippen molar-refractivity contribution >= 4 is 17.5 Å². The van der Waals surface area contributed by atoms with Gasteiger partial charge in [-0.05, 0) is 32.0 Å². The number of hydrogen-bond donors (Lipinski definition) is 3. The highest BCUT2D eigenvalue weighted by Gasteiger charge is 2.37. The average Bonchev–Trinajstić information content (AvgIpc) is 2.77. The number of likely N-dealkylation sites (N-methyl/N-ethyl adjacent to an activating group) is 1. The van der Waals surface area contributed by atoms with E-state index in [2.05, 4.69) is 5.32 Å². The van der Waals surface area contributed by atoms with Crippen LogP contribution in [0.25, 0.3) is 0 Å². The van der Waals surface area contributed by atoms with Crippen LogP contribution in [0, 0.1) is 5.82 Å². The number of quaternary nitrogens is 2. The topological polar surface area (TPSA) is 58.3 Å². The maximum absolute atomic E-state index is 13.3. The van der Waals surface area contributed by atoms with Crippen molar-refractivity contribution in [3.05, 3.63) is 66.0 Å². The summed E-state index contributed by atoms with van der Waals surface area (Å²) in [6.07, 6.45) is 0. The fourth-order valence-electron chi connectivity index (χ4n) is 4.30. The first-order chi connectivity index (χ1) is 15.0. The van der Waals surface area contributed by atoms with Crippen LogP contribution in [0.2, 0.25) is 0 Å². The van der Waals surface area contributed by atoms with E-state index in [0.29, 0.717) is 25.3 Å². The lowest BCUT2D eigenvalue weighted by molar-refractivity contribution is -1.02. The van der Waals surface area contributed by atoms with E-state index in [1.807, 2.05) is 49.1 Å². The minimum absolute atomic E-state index is 0.122. The lowest BCUT2D eigenvalue weighted by atomic mass is 10.0. The Morgan fingerprint density at radius 2 is 1.68 bits per heavy atom. The summed E-state index contributed by atoms with van der Waals surface area (Å²) in [4.78, 5) is 30.0. The van der Waals surface area contributed by atoms with Crippen molar-refractivity contribution in [1.82, 2.24) is 4.90 Å². The van der Waals surface area contributed by atoms with Gasteiger partial charge in [0.1, 0.15) is 32.0 Å². The van der Waals surface area contributed by atoms with Gasteiger partial charge in [-0.1, -0.05) is 36.4 Å². The van der Waals surface area contributed by atoms with Crippen LogP contribution in [-0.2, 0) is 9.59 Å². The monoisotopic (exact) mass is 428 g/mol. The second kappa shape index (κ2) is 11.0. The van der Waals surface area contributed by atoms with E-state index in [4.69, 9.17) is 0 Å². The molecule has 7 heteroatoms. The molecule has 2 amide bonds. The molecule has 1 heterocycles. The predicted molar refractivity (Wildman–Crippen MR) is 118 cm³/mol. The van der Waals surface area contributed by atoms with Crippen molar-refractivity contribution in [2.45, 2.75) is 19.9 Å². The Bertz CT molecular complexity index is 865. The number of amides is 2. The first-order valence-electron chi connectivity index (χ1n) is 11.1. The second-order valence-corrected chi connectivity index (χ2v) is 8.00. The molecule has 1 aliphatic heterocycles. The molecule has 31 heavy (non-hydrogen) atoms. The van der Waals surface area contributed by atoms with Gasteiger partial charge in [0.2, 0.25) is 0 Å². The summed E-state index contributed by atoms with van der Waals surface area (Å²) in [6.45, 7) is 9.00. The van der Waals surface area contributed by atoms with E-state index in [9.17, 15) is 14.0 Å². The Hall–Kier alpha value is -2.77. The molecule has 1 saturated heterocycles. The quantitative estimate of drug-likeness (QED) is 0.561. The maximum atomic E-state index is 13.3. The van der Waals surface area contributed by atoms with E-state index < -0.39 is 0 Å². The molecular formula is C24H33FN4O2+2. The van der Waals surface area contributed by atoms with E-state index in [1.165, 1.54) is 21.9 Å². The van der Waals surface area contributed by atoms with Gasteiger partial charge in [-0.3, -0.25) is 9.59 Å². The highest BCUT2D eigenvalue weighted by molar-refractivity contribution is 5.91. The molecule has 6 nitrogen and oxygen atoms in total. The van der Waals surface area contributed by atoms with Crippen molar-refractivity contribution in [3.63, 3.8) is 0 Å². The van der Waals surface area contributed by atoms with Gasteiger partial charge in [0.15, 0.2) is 12.6 Å². The van der Waals surface area contributed by atoms with Crippen molar-refractivity contribution in [2.24, 2.45) is 0 Å². The summed E-state index contributed by atoms with van der Waals surface area (Å²) >= 11 is 0. The SMILES string of the molecule is CCN(CC)C(=O)[C@H](c1ccccc1)[NH+]1CC[NH+](CC(=O)Nc2cccc(F)c2)CC1. The van der Waals surface area contributed by atoms with Crippen molar-refractivity contribution in [1.29, 1.82) is 0 Å². The summed E-state index contributed by atoms with van der Waals surface area (Å²) in [5.41, 5.74) is 1.52. The van der Waals surface area contributed by atoms with Crippen LogP contribution in [0.4, 0.5) is 10.1 Å². The van der Waals surface area contributed by atoms with Gasteiger partial charge in [0.05, 0.1) is 0 Å². The molecule has 1 atom stereocenters. The number of benzene rings is 2. The lowest BCUT2D eigenvalue weighted by Crippen LogP contribution is -3.28. The number of rotatable bonds is 8. The summed E-state index contributed by atoms with van der Waals surface area (Å²) in [5, 5.41) is 2.77. The molecule has 3 N–H and O–H groups in total. The smallest absolute Gasteiger partial charge is 0.285 e. The lowest BCUT2D eigenvalue weighted by Gasteiger charge is -2.35. The standard InChI is InChI=1S/C24H31FN4O2/c1-3-28(4-2)24(31)23(19-9-6-5-7-10-19)29-15-13-27(14-16-29)18-22(30)26-21-12-8-11-20(25)17-21/h5-12,17,23H,3-4,13-16,18H2,1-2H3,(H,26,30)/p+2/t23-/m0/s1. The summed E-state index contributed by atoms with van der Waals surface area (Å²) in [5.74, 6) is -0.325. The van der Waals surface area contributed by atoms with Crippen LogP contribution in [0.15, 0.2) is 54.6 Å². The van der Waals surface area contributed by atoms with Gasteiger partial charge in [-0.25, -0.2) is 4.39 Å². The molecule has 1 fully saturated rings. The molecule has 3 rings (SSSR count). The number of piperazine rings is 1. The van der Waals surface area contributed by atoms with Gasteiger partial charge >= 0.3 is 0 Å². The fraction of sp³-hybridized carbons (Fsp3) is 0.417. The highest BCUT2D eigenvalue weighted by Crippen LogP contribution is 2.13. The number of anilines is 1. The number of nitrogens with zero attached hydrogens (tertiary/aromatic N) is 1. The average molecular weight is 429 g/mol. The molecule has 2 aromatic carbocycles. The van der Waals surface area contributed by atoms with Crippen molar-refractivity contribution in [3.8, 4) is 0 Å².